The van der Waals surface area contributed by atoms with Gasteiger partial charge in [0.05, 0.1) is 11.1 Å². The van der Waals surface area contributed by atoms with Gasteiger partial charge in [0.25, 0.3) is 0 Å². The standard InChI is InChI=1S/C30H6F2N12S2/c31-27-21(13-1-3-39-15(5-13)7-33)23(17(9-35)29-43-41-19(11-37)45-29)25-26(27)24(18(10-36)30-44-42-20(12-38)46-30)22(28(25)32)14-2-4-40-16(6-14)8-34/h1-6H/b23-17-,24-18-. The number of allylic oxidation sites excluding steroid dienone is 10. The number of rotatable bonds is 4. The van der Waals surface area contributed by atoms with Gasteiger partial charge in [-0.2, -0.15) is 31.6 Å². The summed E-state index contributed by atoms with van der Waals surface area (Å²) in [5, 5.41) is 73.2. The van der Waals surface area contributed by atoms with Crippen molar-refractivity contribution in [2.24, 2.45) is 0 Å². The lowest BCUT2D eigenvalue weighted by Gasteiger charge is -2.15. The van der Waals surface area contributed by atoms with E-state index < -0.39 is 22.8 Å². The number of nitriles is 6. The summed E-state index contributed by atoms with van der Waals surface area (Å²) in [6.07, 6.45) is 2.47. The zero-order chi connectivity index (χ0) is 32.5. The van der Waals surface area contributed by atoms with Crippen molar-refractivity contribution in [2.75, 3.05) is 0 Å². The third kappa shape index (κ3) is 4.50. The van der Waals surface area contributed by atoms with Crippen molar-refractivity contribution in [1.82, 2.24) is 30.4 Å². The summed E-state index contributed by atoms with van der Waals surface area (Å²) >= 11 is 1.44. The highest BCUT2D eigenvalue weighted by atomic mass is 32.1. The molecule has 2 aliphatic rings. The molecule has 0 amide bonds. The summed E-state index contributed by atoms with van der Waals surface area (Å²) in [6, 6.07) is 16.4. The first-order valence-corrected chi connectivity index (χ1v) is 14.1. The normalized spacial score (nSPS) is 15.7. The van der Waals surface area contributed by atoms with Crippen LogP contribution in [-0.4, -0.2) is 30.4 Å². The highest BCUT2D eigenvalue weighted by molar-refractivity contribution is 7.13. The number of pyridine rings is 2. The van der Waals surface area contributed by atoms with Crippen molar-refractivity contribution in [1.29, 1.82) is 31.6 Å². The molecule has 0 fully saturated rings. The van der Waals surface area contributed by atoms with Gasteiger partial charge >= 0.3 is 0 Å². The molecule has 0 bridgehead atoms. The fourth-order valence-electron chi connectivity index (χ4n) is 4.91. The smallest absolute Gasteiger partial charge is 0.218 e. The Hall–Kier alpha value is -7.08. The SMILES string of the molecule is N#C/C(=C1C2=C(C(F)=C/1c1ccnc(C#N)c1)/C(=C(/C#N)c1nnc(C#N)s1)C(c1ccnc(C#N)c1)=C2F)c1nnc(C#N)s1. The molecule has 0 unspecified atom stereocenters. The van der Waals surface area contributed by atoms with E-state index in [2.05, 4.69) is 30.4 Å². The number of aromatic nitrogens is 6. The molecule has 212 valence electrons. The summed E-state index contributed by atoms with van der Waals surface area (Å²) in [4.78, 5) is 7.83. The first kappa shape index (κ1) is 29.0. The van der Waals surface area contributed by atoms with Crippen molar-refractivity contribution in [3.8, 4) is 36.4 Å². The van der Waals surface area contributed by atoms with Crippen LogP contribution in [0.5, 0.6) is 0 Å². The minimum atomic E-state index is -1.06. The van der Waals surface area contributed by atoms with Gasteiger partial charge in [-0.15, -0.1) is 20.4 Å². The molecular formula is C30H6F2N12S2. The molecule has 12 nitrogen and oxygen atoms in total. The van der Waals surface area contributed by atoms with Crippen LogP contribution in [0.2, 0.25) is 0 Å². The predicted octanol–water partition coefficient (Wildman–Crippen LogP) is 5.01. The molecule has 0 aliphatic heterocycles. The second kappa shape index (κ2) is 11.5. The molecule has 4 aromatic heterocycles. The van der Waals surface area contributed by atoms with E-state index in [1.54, 1.807) is 0 Å². The van der Waals surface area contributed by atoms with Gasteiger partial charge in [0.2, 0.25) is 10.0 Å². The van der Waals surface area contributed by atoms with Gasteiger partial charge in [0.15, 0.2) is 10.0 Å². The lowest BCUT2D eigenvalue weighted by atomic mass is 9.89. The van der Waals surface area contributed by atoms with Crippen molar-refractivity contribution < 1.29 is 8.78 Å². The largest absolute Gasteiger partial charge is 0.246 e. The van der Waals surface area contributed by atoms with Crippen LogP contribution in [0.1, 0.15) is 42.5 Å². The molecule has 0 atom stereocenters. The molecule has 0 saturated heterocycles. The quantitative estimate of drug-likeness (QED) is 0.270. The zero-order valence-corrected chi connectivity index (χ0v) is 24.0. The van der Waals surface area contributed by atoms with Gasteiger partial charge in [-0.05, 0) is 35.4 Å². The van der Waals surface area contributed by atoms with Crippen LogP contribution in [0, 0.1) is 68.0 Å². The van der Waals surface area contributed by atoms with Crippen molar-refractivity contribution in [2.45, 2.75) is 0 Å². The first-order chi connectivity index (χ1) is 22.4. The molecule has 0 radical (unpaired) electrons. The van der Waals surface area contributed by atoms with Gasteiger partial charge in [0.1, 0.15) is 59.5 Å². The maximum absolute atomic E-state index is 17.1. The Balaban J connectivity index is 1.79. The number of halogens is 2. The molecule has 4 heterocycles. The van der Waals surface area contributed by atoms with Gasteiger partial charge < -0.3 is 0 Å². The van der Waals surface area contributed by atoms with E-state index >= 15 is 8.78 Å². The Morgan fingerprint density at radius 1 is 0.565 bits per heavy atom. The molecule has 46 heavy (non-hydrogen) atoms. The van der Waals surface area contributed by atoms with Gasteiger partial charge in [-0.25, -0.2) is 18.7 Å². The Kier molecular flexibility index (Phi) is 7.28. The molecule has 2 aliphatic carbocycles. The number of hydrogen-bond donors (Lipinski definition) is 0. The summed E-state index contributed by atoms with van der Waals surface area (Å²) in [5.74, 6) is -2.13. The van der Waals surface area contributed by atoms with E-state index in [0.717, 1.165) is 22.7 Å². The van der Waals surface area contributed by atoms with Crippen LogP contribution >= 0.6 is 22.7 Å². The van der Waals surface area contributed by atoms with E-state index in [1.807, 2.05) is 36.4 Å². The Morgan fingerprint density at radius 2 is 0.978 bits per heavy atom. The van der Waals surface area contributed by atoms with Crippen LogP contribution in [0.25, 0.3) is 22.3 Å². The van der Waals surface area contributed by atoms with Crippen LogP contribution in [0.4, 0.5) is 8.78 Å². The van der Waals surface area contributed by atoms with Crippen LogP contribution in [0.15, 0.2) is 70.6 Å². The molecular weight excluding hydrogens is 631 g/mol. The Labute approximate surface area is 264 Å². The molecule has 0 aromatic carbocycles. The maximum atomic E-state index is 17.1. The monoisotopic (exact) mass is 636 g/mol. The molecule has 0 N–H and O–H groups in total. The average molecular weight is 637 g/mol. The average Bonchev–Trinajstić information content (AvgIpc) is 3.88. The summed E-state index contributed by atoms with van der Waals surface area (Å²) in [5.41, 5.74) is -2.80. The third-order valence-electron chi connectivity index (χ3n) is 6.65. The predicted molar refractivity (Wildman–Crippen MR) is 155 cm³/mol. The summed E-state index contributed by atoms with van der Waals surface area (Å²) in [7, 11) is 0. The fraction of sp³-hybridized carbons (Fsp3) is 0. The van der Waals surface area contributed by atoms with E-state index in [-0.39, 0.29) is 76.0 Å². The second-order valence-electron chi connectivity index (χ2n) is 8.98. The third-order valence-corrected chi connectivity index (χ3v) is 8.34. The minimum Gasteiger partial charge on any atom is -0.246 e. The topological polar surface area (TPSA) is 220 Å². The van der Waals surface area contributed by atoms with Crippen molar-refractivity contribution in [3.05, 3.63) is 113 Å². The number of hydrogen-bond acceptors (Lipinski definition) is 14. The minimum absolute atomic E-state index is 0.0526. The molecule has 6 rings (SSSR count). The Morgan fingerprint density at radius 3 is 1.30 bits per heavy atom. The highest BCUT2D eigenvalue weighted by Gasteiger charge is 2.45. The Bertz CT molecular complexity index is 2300. The van der Waals surface area contributed by atoms with Crippen LogP contribution in [-0.2, 0) is 0 Å². The molecule has 16 heteroatoms. The van der Waals surface area contributed by atoms with Gasteiger partial charge in [-0.1, -0.05) is 22.7 Å². The highest BCUT2D eigenvalue weighted by Crippen LogP contribution is 2.60. The fourth-order valence-corrected chi connectivity index (χ4v) is 6.19. The van der Waals surface area contributed by atoms with Crippen molar-refractivity contribution >= 4 is 45.0 Å². The van der Waals surface area contributed by atoms with E-state index in [0.29, 0.717) is 0 Å². The summed E-state index contributed by atoms with van der Waals surface area (Å²) in [6.45, 7) is 0. The lowest BCUT2D eigenvalue weighted by Crippen LogP contribution is -2.01. The van der Waals surface area contributed by atoms with Crippen LogP contribution in [0.3, 0.4) is 0 Å². The molecule has 4 aromatic rings. The first-order valence-electron chi connectivity index (χ1n) is 12.4. The van der Waals surface area contributed by atoms with E-state index in [4.69, 9.17) is 0 Å². The number of nitrogens with zero attached hydrogens (tertiary/aromatic N) is 12. The molecule has 0 saturated carbocycles. The second-order valence-corrected chi connectivity index (χ2v) is 10.9. The van der Waals surface area contributed by atoms with E-state index in [9.17, 15) is 31.6 Å². The van der Waals surface area contributed by atoms with Gasteiger partial charge in [0, 0.05) is 45.8 Å². The lowest BCUT2D eigenvalue weighted by molar-refractivity contribution is 0.655. The van der Waals surface area contributed by atoms with Crippen molar-refractivity contribution in [3.63, 3.8) is 0 Å². The van der Waals surface area contributed by atoms with Gasteiger partial charge in [-0.3, -0.25) is 0 Å². The zero-order valence-electron chi connectivity index (χ0n) is 22.4. The van der Waals surface area contributed by atoms with Crippen LogP contribution < -0.4 is 0 Å². The maximum Gasteiger partial charge on any atom is 0.218 e. The van der Waals surface area contributed by atoms with E-state index in [1.165, 1.54) is 36.7 Å². The molecule has 0 spiro atoms. The summed E-state index contributed by atoms with van der Waals surface area (Å²) < 4.78 is 34.3.